The lowest BCUT2D eigenvalue weighted by Gasteiger charge is -2.24. The minimum atomic E-state index is -4.05. The zero-order valence-corrected chi connectivity index (χ0v) is 20.8. The Kier molecular flexibility index (Phi) is 8.41. The summed E-state index contributed by atoms with van der Waals surface area (Å²) in [7, 11) is -2.55. The molecule has 0 aromatic heterocycles. The number of nitrogens with one attached hydrogen (secondary N) is 1. The highest BCUT2D eigenvalue weighted by atomic mass is 35.5. The summed E-state index contributed by atoms with van der Waals surface area (Å²) < 4.78 is 38.6. The fourth-order valence-electron chi connectivity index (χ4n) is 3.38. The molecule has 3 aromatic carbocycles. The molecule has 9 heteroatoms. The predicted octanol–water partition coefficient (Wildman–Crippen LogP) is 4.36. The molecule has 0 aliphatic carbocycles. The number of hydrogen-bond acceptors (Lipinski definition) is 5. The van der Waals surface area contributed by atoms with Crippen LogP contribution in [0.4, 0.5) is 5.69 Å². The fraction of sp³-hybridized carbons (Fsp3) is 0.240. The van der Waals surface area contributed by atoms with Crippen LogP contribution in [0.1, 0.15) is 11.1 Å². The maximum absolute atomic E-state index is 13.4. The van der Waals surface area contributed by atoms with Gasteiger partial charge in [-0.2, -0.15) is 0 Å². The molecule has 3 rings (SSSR count). The molecule has 0 atom stereocenters. The topological polar surface area (TPSA) is 84.9 Å². The van der Waals surface area contributed by atoms with Crippen molar-refractivity contribution in [2.75, 3.05) is 31.1 Å². The molecule has 0 bridgehead atoms. The smallest absolute Gasteiger partial charge is 0.264 e. The van der Waals surface area contributed by atoms with E-state index < -0.39 is 22.5 Å². The number of ether oxygens (including phenoxy) is 2. The first-order valence-electron chi connectivity index (χ1n) is 10.6. The van der Waals surface area contributed by atoms with Crippen LogP contribution >= 0.6 is 11.6 Å². The van der Waals surface area contributed by atoms with Crippen LogP contribution in [0.15, 0.2) is 71.6 Å². The quantitative estimate of drug-likeness (QED) is 0.416. The van der Waals surface area contributed by atoms with Crippen LogP contribution in [0.3, 0.4) is 0 Å². The number of amides is 1. The highest BCUT2D eigenvalue weighted by Gasteiger charge is 2.27. The fourth-order valence-corrected chi connectivity index (χ4v) is 4.98. The summed E-state index contributed by atoms with van der Waals surface area (Å²) in [6.07, 6.45) is 0. The second kappa shape index (κ2) is 11.3. The van der Waals surface area contributed by atoms with Crippen molar-refractivity contribution in [2.24, 2.45) is 0 Å². The number of benzene rings is 3. The van der Waals surface area contributed by atoms with E-state index in [9.17, 15) is 13.2 Å². The van der Waals surface area contributed by atoms with Gasteiger partial charge in [0.1, 0.15) is 24.7 Å². The Balaban J connectivity index is 1.71. The molecule has 180 valence electrons. The lowest BCUT2D eigenvalue weighted by atomic mass is 10.1. The van der Waals surface area contributed by atoms with Crippen molar-refractivity contribution >= 4 is 33.2 Å². The molecule has 0 saturated heterocycles. The van der Waals surface area contributed by atoms with E-state index in [1.807, 2.05) is 32.0 Å². The number of methoxy groups -OCH3 is 1. The Morgan fingerprint density at radius 1 is 0.971 bits per heavy atom. The molecule has 3 aromatic rings. The minimum absolute atomic E-state index is 0.0271. The molecule has 0 radical (unpaired) electrons. The largest absolute Gasteiger partial charge is 0.497 e. The first kappa shape index (κ1) is 25.4. The second-order valence-electron chi connectivity index (χ2n) is 7.69. The van der Waals surface area contributed by atoms with Crippen LogP contribution in [0.25, 0.3) is 0 Å². The number of carbonyl (C=O) groups excluding carboxylic acids is 1. The number of rotatable bonds is 10. The van der Waals surface area contributed by atoms with E-state index in [1.54, 1.807) is 30.3 Å². The summed E-state index contributed by atoms with van der Waals surface area (Å²) in [6, 6.07) is 18.2. The average Bonchev–Trinajstić information content (AvgIpc) is 2.79. The van der Waals surface area contributed by atoms with E-state index in [-0.39, 0.29) is 23.7 Å². The maximum Gasteiger partial charge on any atom is 0.264 e. The number of aryl methyl sites for hydroxylation is 2. The Labute approximate surface area is 205 Å². The Bertz CT molecular complexity index is 1230. The van der Waals surface area contributed by atoms with Crippen LogP contribution in [0, 0.1) is 13.8 Å². The zero-order chi connectivity index (χ0) is 24.7. The molecule has 0 fully saturated rings. The van der Waals surface area contributed by atoms with Crippen LogP contribution in [-0.2, 0) is 14.8 Å². The molecule has 34 heavy (non-hydrogen) atoms. The molecule has 1 N–H and O–H groups in total. The maximum atomic E-state index is 13.4. The average molecular weight is 503 g/mol. The molecule has 0 saturated carbocycles. The van der Waals surface area contributed by atoms with Gasteiger partial charge in [-0.1, -0.05) is 23.7 Å². The van der Waals surface area contributed by atoms with Gasteiger partial charge in [0.05, 0.1) is 24.2 Å². The van der Waals surface area contributed by atoms with Crippen molar-refractivity contribution in [3.63, 3.8) is 0 Å². The Hall–Kier alpha value is -3.23. The minimum Gasteiger partial charge on any atom is -0.497 e. The second-order valence-corrected chi connectivity index (χ2v) is 9.99. The summed E-state index contributed by atoms with van der Waals surface area (Å²) in [4.78, 5) is 12.7. The van der Waals surface area contributed by atoms with Gasteiger partial charge in [-0.3, -0.25) is 9.10 Å². The van der Waals surface area contributed by atoms with Crippen LogP contribution in [0.5, 0.6) is 11.5 Å². The van der Waals surface area contributed by atoms with Gasteiger partial charge in [0.15, 0.2) is 0 Å². The van der Waals surface area contributed by atoms with Gasteiger partial charge in [-0.25, -0.2) is 8.42 Å². The van der Waals surface area contributed by atoms with E-state index in [2.05, 4.69) is 5.32 Å². The third-order valence-corrected chi connectivity index (χ3v) is 6.94. The van der Waals surface area contributed by atoms with Gasteiger partial charge in [0.2, 0.25) is 5.91 Å². The molecule has 0 heterocycles. The van der Waals surface area contributed by atoms with Gasteiger partial charge in [-0.05, 0) is 79.6 Å². The highest BCUT2D eigenvalue weighted by molar-refractivity contribution is 7.92. The summed E-state index contributed by atoms with van der Waals surface area (Å²) in [5, 5.41) is 3.07. The van der Waals surface area contributed by atoms with E-state index in [1.165, 1.54) is 25.3 Å². The SMILES string of the molecule is COc1ccc(S(=O)(=O)N(CC(=O)NCCOc2cc(C)cc(C)c2)c2cccc(Cl)c2)cc1. The van der Waals surface area contributed by atoms with E-state index >= 15 is 0 Å². The summed E-state index contributed by atoms with van der Waals surface area (Å²) in [6.45, 7) is 4.01. The molecular formula is C25H27ClN2O5S. The zero-order valence-electron chi connectivity index (χ0n) is 19.2. The van der Waals surface area contributed by atoms with Gasteiger partial charge in [0, 0.05) is 5.02 Å². The van der Waals surface area contributed by atoms with E-state index in [0.717, 1.165) is 21.2 Å². The monoisotopic (exact) mass is 502 g/mol. The lowest BCUT2D eigenvalue weighted by molar-refractivity contribution is -0.119. The first-order valence-corrected chi connectivity index (χ1v) is 12.4. The number of anilines is 1. The number of halogens is 1. The van der Waals surface area contributed by atoms with Crippen molar-refractivity contribution in [1.29, 1.82) is 0 Å². The summed E-state index contributed by atoms with van der Waals surface area (Å²) in [5.41, 5.74) is 2.45. The van der Waals surface area contributed by atoms with Crippen molar-refractivity contribution in [1.82, 2.24) is 5.32 Å². The van der Waals surface area contributed by atoms with Crippen LogP contribution in [0.2, 0.25) is 5.02 Å². The highest BCUT2D eigenvalue weighted by Crippen LogP contribution is 2.27. The molecule has 0 aliphatic rings. The number of nitrogens with zero attached hydrogens (tertiary/aromatic N) is 1. The first-order chi connectivity index (χ1) is 16.2. The molecular weight excluding hydrogens is 476 g/mol. The van der Waals surface area contributed by atoms with Crippen LogP contribution in [-0.4, -0.2) is 41.1 Å². The number of hydrogen-bond donors (Lipinski definition) is 1. The van der Waals surface area contributed by atoms with Gasteiger partial charge in [0.25, 0.3) is 10.0 Å². The molecule has 7 nitrogen and oxygen atoms in total. The Morgan fingerprint density at radius 2 is 1.65 bits per heavy atom. The lowest BCUT2D eigenvalue weighted by Crippen LogP contribution is -2.41. The molecule has 0 unspecified atom stereocenters. The third kappa shape index (κ3) is 6.65. The number of sulfonamides is 1. The predicted molar refractivity (Wildman–Crippen MR) is 133 cm³/mol. The van der Waals surface area contributed by atoms with Gasteiger partial charge >= 0.3 is 0 Å². The van der Waals surface area contributed by atoms with E-state index in [0.29, 0.717) is 10.8 Å². The molecule has 1 amide bonds. The molecule has 0 aliphatic heterocycles. The number of carbonyl (C=O) groups is 1. The summed E-state index contributed by atoms with van der Waals surface area (Å²) >= 11 is 6.09. The third-order valence-electron chi connectivity index (χ3n) is 4.92. The van der Waals surface area contributed by atoms with Gasteiger partial charge in [-0.15, -0.1) is 0 Å². The van der Waals surface area contributed by atoms with Crippen molar-refractivity contribution in [3.05, 3.63) is 82.9 Å². The molecule has 0 spiro atoms. The standard InChI is InChI=1S/C25H27ClN2O5S/c1-18-13-19(2)15-23(14-18)33-12-11-27-25(29)17-28(21-6-4-5-20(26)16-21)34(30,31)24-9-7-22(32-3)8-10-24/h4-10,13-16H,11-12,17H2,1-3H3,(H,27,29). The van der Waals surface area contributed by atoms with Crippen molar-refractivity contribution in [2.45, 2.75) is 18.7 Å². The summed E-state index contributed by atoms with van der Waals surface area (Å²) in [5.74, 6) is 0.769. The van der Waals surface area contributed by atoms with E-state index in [4.69, 9.17) is 21.1 Å². The van der Waals surface area contributed by atoms with Crippen LogP contribution < -0.4 is 19.1 Å². The van der Waals surface area contributed by atoms with Crippen molar-refractivity contribution < 1.29 is 22.7 Å². The Morgan fingerprint density at radius 3 is 2.26 bits per heavy atom. The van der Waals surface area contributed by atoms with Gasteiger partial charge < -0.3 is 14.8 Å². The normalized spacial score (nSPS) is 11.1. The van der Waals surface area contributed by atoms with Crippen molar-refractivity contribution in [3.8, 4) is 11.5 Å².